The van der Waals surface area contributed by atoms with E-state index in [0.29, 0.717) is 5.75 Å². The van der Waals surface area contributed by atoms with Crippen LogP contribution in [-0.4, -0.2) is 23.1 Å². The van der Waals surface area contributed by atoms with Gasteiger partial charge in [0.15, 0.2) is 0 Å². The fourth-order valence-electron chi connectivity index (χ4n) is 3.36. The highest BCUT2D eigenvalue weighted by atomic mass is 32.2. The number of nitrogens with zero attached hydrogens (tertiary/aromatic N) is 1. The zero-order valence-electron chi connectivity index (χ0n) is 11.1. The van der Waals surface area contributed by atoms with Gasteiger partial charge >= 0.3 is 0 Å². The van der Waals surface area contributed by atoms with Crippen LogP contribution in [0.4, 0.5) is 0 Å². The Hall–Kier alpha value is -1.74. The van der Waals surface area contributed by atoms with Crippen molar-refractivity contribution in [2.75, 3.05) is 12.3 Å². The molecule has 1 atom stereocenters. The lowest BCUT2D eigenvalue weighted by Gasteiger charge is -2.43. The van der Waals surface area contributed by atoms with Gasteiger partial charge in [-0.1, -0.05) is 54.6 Å². The molecule has 0 radical (unpaired) electrons. The summed E-state index contributed by atoms with van der Waals surface area (Å²) in [5, 5.41) is 0. The van der Waals surface area contributed by atoms with Crippen molar-refractivity contribution >= 4 is 17.7 Å². The molecule has 4 rings (SSSR count). The summed E-state index contributed by atoms with van der Waals surface area (Å²) in [6.45, 7) is 0.817. The molecule has 1 unspecified atom stereocenters. The third-order valence-corrected chi connectivity index (χ3v) is 5.72. The number of carbonyl (C=O) groups excluding carboxylic acids is 1. The molecule has 2 aliphatic heterocycles. The number of fused-ring (bicyclic) bond motifs is 3. The van der Waals surface area contributed by atoms with E-state index in [1.54, 1.807) is 11.8 Å². The summed E-state index contributed by atoms with van der Waals surface area (Å²) in [4.78, 5) is 14.1. The summed E-state index contributed by atoms with van der Waals surface area (Å²) in [5.74, 6) is 0.830. The lowest BCUT2D eigenvalue weighted by molar-refractivity contribution is -0.129. The van der Waals surface area contributed by atoms with Crippen molar-refractivity contribution in [1.82, 2.24) is 4.90 Å². The first-order chi connectivity index (χ1) is 9.82. The topological polar surface area (TPSA) is 20.3 Å². The van der Waals surface area contributed by atoms with E-state index in [4.69, 9.17) is 0 Å². The molecule has 1 fully saturated rings. The molecule has 100 valence electrons. The fraction of sp³-hybridized carbons (Fsp3) is 0.235. The number of thioether (sulfide) groups is 1. The number of rotatable bonds is 1. The lowest BCUT2D eigenvalue weighted by atomic mass is 9.87. The van der Waals surface area contributed by atoms with Crippen LogP contribution in [-0.2, 0) is 16.1 Å². The molecule has 2 aromatic rings. The fourth-order valence-corrected chi connectivity index (χ4v) is 4.86. The van der Waals surface area contributed by atoms with Gasteiger partial charge in [0.25, 0.3) is 0 Å². The van der Waals surface area contributed by atoms with Crippen LogP contribution in [0.1, 0.15) is 16.7 Å². The average Bonchev–Trinajstić information content (AvgIpc) is 2.87. The van der Waals surface area contributed by atoms with Crippen LogP contribution in [0.15, 0.2) is 54.6 Å². The van der Waals surface area contributed by atoms with Gasteiger partial charge in [0.2, 0.25) is 5.91 Å². The van der Waals surface area contributed by atoms with Crippen LogP contribution in [0.25, 0.3) is 0 Å². The van der Waals surface area contributed by atoms with E-state index in [2.05, 4.69) is 53.4 Å². The molecular weight excluding hydrogens is 266 g/mol. The molecule has 0 N–H and O–H groups in total. The van der Waals surface area contributed by atoms with E-state index in [9.17, 15) is 4.79 Å². The SMILES string of the molecule is O=C1CSC2(c3ccccc3)c3ccccc3CCN12. The maximum Gasteiger partial charge on any atom is 0.234 e. The second-order valence-electron chi connectivity index (χ2n) is 5.25. The number of hydrogen-bond donors (Lipinski definition) is 0. The van der Waals surface area contributed by atoms with Gasteiger partial charge in [-0.25, -0.2) is 0 Å². The van der Waals surface area contributed by atoms with Gasteiger partial charge in [-0.15, -0.1) is 11.8 Å². The molecule has 2 heterocycles. The smallest absolute Gasteiger partial charge is 0.234 e. The minimum Gasteiger partial charge on any atom is -0.319 e. The molecule has 0 aliphatic carbocycles. The zero-order chi connectivity index (χ0) is 13.6. The van der Waals surface area contributed by atoms with Gasteiger partial charge in [0, 0.05) is 6.54 Å². The Balaban J connectivity index is 2.00. The van der Waals surface area contributed by atoms with E-state index in [1.807, 2.05) is 6.07 Å². The Kier molecular flexibility index (Phi) is 2.64. The van der Waals surface area contributed by atoms with Crippen LogP contribution in [0.2, 0.25) is 0 Å². The Labute approximate surface area is 122 Å². The van der Waals surface area contributed by atoms with Crippen molar-refractivity contribution in [3.63, 3.8) is 0 Å². The highest BCUT2D eigenvalue weighted by Gasteiger charge is 2.51. The van der Waals surface area contributed by atoms with Gasteiger partial charge in [-0.05, 0) is 23.1 Å². The Morgan fingerprint density at radius 2 is 1.75 bits per heavy atom. The molecule has 0 spiro atoms. The predicted molar refractivity (Wildman–Crippen MR) is 81.5 cm³/mol. The zero-order valence-corrected chi connectivity index (χ0v) is 11.9. The van der Waals surface area contributed by atoms with Crippen LogP contribution in [0.5, 0.6) is 0 Å². The lowest BCUT2D eigenvalue weighted by Crippen LogP contribution is -2.47. The van der Waals surface area contributed by atoms with Crippen LogP contribution < -0.4 is 0 Å². The third-order valence-electron chi connectivity index (χ3n) is 4.24. The molecular formula is C17H15NOS. The molecule has 0 saturated carbocycles. The third kappa shape index (κ3) is 1.50. The van der Waals surface area contributed by atoms with Crippen LogP contribution >= 0.6 is 11.8 Å². The highest BCUT2D eigenvalue weighted by Crippen LogP contribution is 2.53. The van der Waals surface area contributed by atoms with E-state index in [-0.39, 0.29) is 10.8 Å². The Morgan fingerprint density at radius 3 is 2.60 bits per heavy atom. The quantitative estimate of drug-likeness (QED) is 0.801. The standard InChI is InChI=1S/C17H15NOS/c19-16-12-20-17(14-7-2-1-3-8-14)15-9-5-4-6-13(15)10-11-18(16)17/h1-9H,10-12H2. The van der Waals surface area contributed by atoms with Crippen LogP contribution in [0.3, 0.4) is 0 Å². The average molecular weight is 281 g/mol. The second-order valence-corrected chi connectivity index (χ2v) is 6.42. The number of hydrogen-bond acceptors (Lipinski definition) is 2. The first-order valence-electron chi connectivity index (χ1n) is 6.91. The number of carbonyl (C=O) groups is 1. The van der Waals surface area contributed by atoms with E-state index >= 15 is 0 Å². The summed E-state index contributed by atoms with van der Waals surface area (Å²) >= 11 is 1.75. The van der Waals surface area contributed by atoms with Crippen molar-refractivity contribution in [2.24, 2.45) is 0 Å². The normalized spacial score (nSPS) is 24.4. The molecule has 0 aromatic heterocycles. The maximum atomic E-state index is 12.3. The first kappa shape index (κ1) is 12.0. The molecule has 1 amide bonds. The molecule has 0 bridgehead atoms. The monoisotopic (exact) mass is 281 g/mol. The predicted octanol–water partition coefficient (Wildman–Crippen LogP) is 3.02. The molecule has 20 heavy (non-hydrogen) atoms. The summed E-state index contributed by atoms with van der Waals surface area (Å²) in [5.41, 5.74) is 3.87. The van der Waals surface area contributed by atoms with Crippen molar-refractivity contribution in [3.05, 3.63) is 71.3 Å². The van der Waals surface area contributed by atoms with Gasteiger partial charge in [0.1, 0.15) is 4.87 Å². The number of benzene rings is 2. The molecule has 2 aliphatic rings. The first-order valence-corrected chi connectivity index (χ1v) is 7.89. The van der Waals surface area contributed by atoms with Gasteiger partial charge in [-0.2, -0.15) is 0 Å². The number of amides is 1. The Morgan fingerprint density at radius 1 is 1.00 bits per heavy atom. The van der Waals surface area contributed by atoms with Gasteiger partial charge in [0.05, 0.1) is 5.75 Å². The maximum absolute atomic E-state index is 12.3. The van der Waals surface area contributed by atoms with Crippen LogP contribution in [0, 0.1) is 0 Å². The van der Waals surface area contributed by atoms with Crippen molar-refractivity contribution in [1.29, 1.82) is 0 Å². The summed E-state index contributed by atoms with van der Waals surface area (Å²) in [6, 6.07) is 19.0. The second kappa shape index (κ2) is 4.38. The minimum atomic E-state index is -0.312. The highest BCUT2D eigenvalue weighted by molar-refractivity contribution is 8.01. The largest absolute Gasteiger partial charge is 0.319 e. The summed E-state index contributed by atoms with van der Waals surface area (Å²) < 4.78 is 0. The molecule has 3 heteroatoms. The van der Waals surface area contributed by atoms with E-state index in [0.717, 1.165) is 13.0 Å². The Bertz CT molecular complexity index is 670. The molecule has 2 nitrogen and oxygen atoms in total. The molecule has 1 saturated heterocycles. The summed E-state index contributed by atoms with van der Waals surface area (Å²) in [7, 11) is 0. The summed E-state index contributed by atoms with van der Waals surface area (Å²) in [6.07, 6.45) is 0.955. The molecule has 2 aromatic carbocycles. The van der Waals surface area contributed by atoms with Gasteiger partial charge < -0.3 is 4.90 Å². The van der Waals surface area contributed by atoms with Crippen molar-refractivity contribution in [3.8, 4) is 0 Å². The van der Waals surface area contributed by atoms with Crippen molar-refractivity contribution < 1.29 is 4.79 Å². The minimum absolute atomic E-state index is 0.258. The van der Waals surface area contributed by atoms with E-state index in [1.165, 1.54) is 16.7 Å². The van der Waals surface area contributed by atoms with Crippen molar-refractivity contribution in [2.45, 2.75) is 11.3 Å². The van der Waals surface area contributed by atoms with E-state index < -0.39 is 0 Å². The van der Waals surface area contributed by atoms with Gasteiger partial charge in [-0.3, -0.25) is 4.79 Å².